The molecule has 3 aliphatic rings. The van der Waals surface area contributed by atoms with Crippen molar-refractivity contribution in [2.75, 3.05) is 32.7 Å². The summed E-state index contributed by atoms with van der Waals surface area (Å²) < 4.78 is 16.7. The highest BCUT2D eigenvalue weighted by Gasteiger charge is 2.47. The number of aliphatic carboxylic acids is 1. The number of aromatic nitrogens is 2. The van der Waals surface area contributed by atoms with Gasteiger partial charge in [0.15, 0.2) is 0 Å². The molecular weight excluding hydrogens is 563 g/mol. The average Bonchev–Trinajstić information content (AvgIpc) is 3.66. The van der Waals surface area contributed by atoms with E-state index >= 15 is 0 Å². The van der Waals surface area contributed by atoms with E-state index < -0.39 is 5.97 Å². The van der Waals surface area contributed by atoms with E-state index in [1.807, 2.05) is 6.07 Å². The molecule has 2 aromatic carbocycles. The average molecular weight is 615 g/mol. The predicted molar refractivity (Wildman–Crippen MR) is 177 cm³/mol. The van der Waals surface area contributed by atoms with E-state index in [0.717, 1.165) is 103 Å². The number of aryl methyl sites for hydroxylation is 3. The van der Waals surface area contributed by atoms with Crippen molar-refractivity contribution in [1.29, 1.82) is 0 Å². The maximum absolute atomic E-state index is 14.4. The first-order valence-corrected chi connectivity index (χ1v) is 17.5. The van der Waals surface area contributed by atoms with Gasteiger partial charge in [0.1, 0.15) is 5.82 Å². The number of likely N-dealkylation sites (tertiary alicyclic amines) is 2. The Morgan fingerprint density at radius 2 is 1.78 bits per heavy atom. The van der Waals surface area contributed by atoms with Gasteiger partial charge in [-0.2, -0.15) is 5.10 Å². The molecule has 0 bridgehead atoms. The summed E-state index contributed by atoms with van der Waals surface area (Å²) in [4.78, 5) is 17.2. The van der Waals surface area contributed by atoms with Crippen LogP contribution in [-0.4, -0.2) is 68.9 Å². The lowest BCUT2D eigenvalue weighted by atomic mass is 9.78. The first-order valence-electron chi connectivity index (χ1n) is 17.5. The smallest absolute Gasteiger partial charge is 0.305 e. The van der Waals surface area contributed by atoms with Gasteiger partial charge in [-0.05, 0) is 92.8 Å². The molecule has 1 N–H and O–H groups in total. The van der Waals surface area contributed by atoms with Crippen LogP contribution in [0.2, 0.25) is 0 Å². The molecule has 2 atom stereocenters. The zero-order chi connectivity index (χ0) is 31.2. The van der Waals surface area contributed by atoms with Crippen molar-refractivity contribution >= 4 is 5.97 Å². The fourth-order valence-electron chi connectivity index (χ4n) is 8.79. The molecule has 1 aliphatic carbocycles. The third kappa shape index (κ3) is 7.52. The van der Waals surface area contributed by atoms with Gasteiger partial charge in [-0.3, -0.25) is 14.4 Å². The van der Waals surface area contributed by atoms with Crippen LogP contribution in [0.1, 0.15) is 98.9 Å². The zero-order valence-corrected chi connectivity index (χ0v) is 27.0. The van der Waals surface area contributed by atoms with Crippen molar-refractivity contribution in [2.24, 2.45) is 5.92 Å². The lowest BCUT2D eigenvalue weighted by Crippen LogP contribution is -2.50. The highest BCUT2D eigenvalue weighted by molar-refractivity contribution is 5.68. The first-order chi connectivity index (χ1) is 21.9. The molecule has 0 amide bonds. The Morgan fingerprint density at radius 3 is 2.49 bits per heavy atom. The third-order valence-electron chi connectivity index (χ3n) is 11.0. The summed E-state index contributed by atoms with van der Waals surface area (Å²) in [6.07, 6.45) is 13.0. The van der Waals surface area contributed by atoms with Crippen LogP contribution in [0.25, 0.3) is 0 Å². The summed E-state index contributed by atoms with van der Waals surface area (Å²) in [6, 6.07) is 17.9. The van der Waals surface area contributed by atoms with E-state index in [0.29, 0.717) is 11.8 Å². The number of hydrogen-bond donors (Lipinski definition) is 1. The van der Waals surface area contributed by atoms with E-state index in [4.69, 9.17) is 5.10 Å². The van der Waals surface area contributed by atoms with Crippen LogP contribution < -0.4 is 0 Å². The summed E-state index contributed by atoms with van der Waals surface area (Å²) in [5.74, 6) is 0.191. The second kappa shape index (κ2) is 14.6. The second-order valence-electron chi connectivity index (χ2n) is 14.0. The van der Waals surface area contributed by atoms with Gasteiger partial charge in [-0.1, -0.05) is 68.7 Å². The van der Waals surface area contributed by atoms with E-state index in [9.17, 15) is 14.3 Å². The molecule has 1 saturated carbocycles. The lowest BCUT2D eigenvalue weighted by Gasteiger charge is -2.44. The van der Waals surface area contributed by atoms with E-state index in [-0.39, 0.29) is 23.7 Å². The second-order valence-corrected chi connectivity index (χ2v) is 14.0. The molecule has 0 spiro atoms. The summed E-state index contributed by atoms with van der Waals surface area (Å²) in [5, 5.41) is 14.8. The van der Waals surface area contributed by atoms with Crippen LogP contribution in [0.5, 0.6) is 0 Å². The molecule has 2 aliphatic heterocycles. The Morgan fingerprint density at radius 1 is 1.00 bits per heavy atom. The quantitative estimate of drug-likeness (QED) is 0.232. The molecule has 2 saturated heterocycles. The minimum absolute atomic E-state index is 0.185. The first kappa shape index (κ1) is 31.9. The summed E-state index contributed by atoms with van der Waals surface area (Å²) in [6.45, 7) is 7.97. The van der Waals surface area contributed by atoms with Crippen LogP contribution >= 0.6 is 0 Å². The molecule has 3 heterocycles. The number of rotatable bonds is 12. The van der Waals surface area contributed by atoms with Crippen LogP contribution in [0.15, 0.2) is 60.8 Å². The minimum atomic E-state index is -0.699. The van der Waals surface area contributed by atoms with Crippen molar-refractivity contribution in [3.05, 3.63) is 89.0 Å². The molecular formula is C38H51FN4O2. The van der Waals surface area contributed by atoms with Crippen LogP contribution in [0.4, 0.5) is 4.39 Å². The molecule has 0 radical (unpaired) electrons. The zero-order valence-electron chi connectivity index (χ0n) is 27.0. The molecule has 6 rings (SSSR count). The van der Waals surface area contributed by atoms with Gasteiger partial charge in [0.05, 0.1) is 12.6 Å². The Hall–Kier alpha value is -3.03. The Kier molecular flexibility index (Phi) is 10.4. The summed E-state index contributed by atoms with van der Waals surface area (Å²) in [7, 11) is 0. The van der Waals surface area contributed by atoms with E-state index in [1.165, 1.54) is 29.3 Å². The standard InChI is InChI=1S/C38H51FN4O2/c1-2-20-43-37(32(25-40-43)15-14-29-10-5-3-6-11-29)30-16-21-41(22-17-30)26-33-27-42(28-35(33)31-12-9-13-34(39)23-31)38(24-36(44)45)18-7-4-8-19-38/h3,5-6,9-13,23,25,30,33,35H,2,4,7-8,14-22,24,26-28H2,1H3,(H,44,45). The summed E-state index contributed by atoms with van der Waals surface area (Å²) >= 11 is 0. The topological polar surface area (TPSA) is 61.6 Å². The number of carboxylic acid groups (broad SMARTS) is 1. The van der Waals surface area contributed by atoms with Gasteiger partial charge >= 0.3 is 5.97 Å². The maximum atomic E-state index is 14.4. The SMILES string of the molecule is CCCn1ncc(CCc2ccccc2)c1C1CCN(CC2CN(C3(CC(=O)O)CCCCC3)CC2c2cccc(F)c2)CC1. The highest BCUT2D eigenvalue weighted by atomic mass is 19.1. The lowest BCUT2D eigenvalue weighted by molar-refractivity contribution is -0.141. The molecule has 3 aromatic rings. The molecule has 6 nitrogen and oxygen atoms in total. The molecule has 7 heteroatoms. The van der Waals surface area contributed by atoms with Gasteiger partial charge in [-0.15, -0.1) is 0 Å². The van der Waals surface area contributed by atoms with Gasteiger partial charge in [0.2, 0.25) is 0 Å². The number of halogens is 1. The van der Waals surface area contributed by atoms with Gasteiger partial charge in [0.25, 0.3) is 0 Å². The number of nitrogens with zero attached hydrogens (tertiary/aromatic N) is 4. The van der Waals surface area contributed by atoms with Crippen LogP contribution in [-0.2, 0) is 24.2 Å². The maximum Gasteiger partial charge on any atom is 0.305 e. The summed E-state index contributed by atoms with van der Waals surface area (Å²) in [5.41, 5.74) is 5.01. The van der Waals surface area contributed by atoms with Gasteiger partial charge < -0.3 is 10.0 Å². The monoisotopic (exact) mass is 614 g/mol. The van der Waals surface area contributed by atoms with Gasteiger partial charge in [0, 0.05) is 49.2 Å². The van der Waals surface area contributed by atoms with Gasteiger partial charge in [-0.25, -0.2) is 4.39 Å². The van der Waals surface area contributed by atoms with Crippen molar-refractivity contribution in [1.82, 2.24) is 19.6 Å². The van der Waals surface area contributed by atoms with E-state index in [2.05, 4.69) is 64.0 Å². The number of carbonyl (C=O) groups is 1. The number of benzene rings is 2. The van der Waals surface area contributed by atoms with E-state index in [1.54, 1.807) is 6.07 Å². The van der Waals surface area contributed by atoms with Crippen molar-refractivity contribution in [2.45, 2.75) is 101 Å². The predicted octanol–water partition coefficient (Wildman–Crippen LogP) is 7.29. The normalized spacial score (nSPS) is 23.0. The number of carboxylic acids is 1. The Balaban J connectivity index is 1.15. The van der Waals surface area contributed by atoms with Crippen molar-refractivity contribution in [3.8, 4) is 0 Å². The minimum Gasteiger partial charge on any atom is -0.481 e. The molecule has 3 fully saturated rings. The fraction of sp³-hybridized carbons (Fsp3) is 0.579. The molecule has 1 aromatic heterocycles. The van der Waals surface area contributed by atoms with Crippen molar-refractivity contribution in [3.63, 3.8) is 0 Å². The Labute approximate surface area is 268 Å². The molecule has 242 valence electrons. The molecule has 45 heavy (non-hydrogen) atoms. The third-order valence-corrected chi connectivity index (χ3v) is 11.0. The van der Waals surface area contributed by atoms with Crippen LogP contribution in [0.3, 0.4) is 0 Å². The largest absolute Gasteiger partial charge is 0.481 e. The van der Waals surface area contributed by atoms with Crippen LogP contribution in [0, 0.1) is 11.7 Å². The fourth-order valence-corrected chi connectivity index (χ4v) is 8.79. The highest BCUT2D eigenvalue weighted by Crippen LogP contribution is 2.44. The van der Waals surface area contributed by atoms with Crippen molar-refractivity contribution < 1.29 is 14.3 Å². The number of piperidine rings is 1. The Bertz CT molecular complexity index is 1390. The number of hydrogen-bond acceptors (Lipinski definition) is 4. The molecule has 2 unspecified atom stereocenters.